The number of anilines is 1. The maximum Gasteiger partial charge on any atom is 0.241 e. The van der Waals surface area contributed by atoms with E-state index in [1.54, 1.807) is 24.4 Å². The quantitative estimate of drug-likeness (QED) is 0.473. The molecule has 32 heavy (non-hydrogen) atoms. The summed E-state index contributed by atoms with van der Waals surface area (Å²) in [5.41, 5.74) is 4.20. The van der Waals surface area contributed by atoms with E-state index in [4.69, 9.17) is 9.26 Å². The molecular formula is C24H21FN4O3. The van der Waals surface area contributed by atoms with E-state index in [9.17, 15) is 9.18 Å². The monoisotopic (exact) mass is 432 g/mol. The molecule has 0 bridgehead atoms. The number of rotatable bonds is 6. The summed E-state index contributed by atoms with van der Waals surface area (Å²) in [6.07, 6.45) is 3.06. The van der Waals surface area contributed by atoms with Crippen molar-refractivity contribution in [3.63, 3.8) is 0 Å². The number of halogens is 1. The first kappa shape index (κ1) is 21.2. The molecule has 0 spiro atoms. The summed E-state index contributed by atoms with van der Waals surface area (Å²) in [5.74, 6) is -0.363. The Morgan fingerprint density at radius 2 is 2.00 bits per heavy atom. The first-order valence-electron chi connectivity index (χ1n) is 9.92. The lowest BCUT2D eigenvalue weighted by molar-refractivity contribution is -0.115. The van der Waals surface area contributed by atoms with Gasteiger partial charge in [0, 0.05) is 17.8 Å². The SMILES string of the molecule is COc1ccc(-c2noc(NC(=O)Cc3cc(C)ccc3C)c2-c2ccncn2)c(F)c1. The Morgan fingerprint density at radius 1 is 1.16 bits per heavy atom. The van der Waals surface area contributed by atoms with Crippen molar-refractivity contribution in [2.75, 3.05) is 12.4 Å². The zero-order chi connectivity index (χ0) is 22.7. The topological polar surface area (TPSA) is 90.1 Å². The fourth-order valence-corrected chi connectivity index (χ4v) is 3.38. The number of carbonyl (C=O) groups is 1. The molecule has 0 saturated heterocycles. The van der Waals surface area contributed by atoms with Crippen LogP contribution in [0.4, 0.5) is 10.3 Å². The zero-order valence-corrected chi connectivity index (χ0v) is 17.8. The summed E-state index contributed by atoms with van der Waals surface area (Å²) in [7, 11) is 1.46. The molecule has 0 saturated carbocycles. The molecule has 0 atom stereocenters. The van der Waals surface area contributed by atoms with E-state index >= 15 is 0 Å². The highest BCUT2D eigenvalue weighted by Crippen LogP contribution is 2.38. The highest BCUT2D eigenvalue weighted by atomic mass is 19.1. The number of ether oxygens (including phenoxy) is 1. The molecule has 0 aliphatic rings. The fourth-order valence-electron chi connectivity index (χ4n) is 3.38. The number of aromatic nitrogens is 3. The molecule has 0 fully saturated rings. The number of amides is 1. The number of hydrogen-bond acceptors (Lipinski definition) is 6. The number of nitrogens with zero attached hydrogens (tertiary/aromatic N) is 3. The molecule has 1 N–H and O–H groups in total. The maximum atomic E-state index is 14.8. The average Bonchev–Trinajstić information content (AvgIpc) is 3.19. The molecule has 2 aromatic carbocycles. The van der Waals surface area contributed by atoms with Gasteiger partial charge in [-0.15, -0.1) is 0 Å². The molecule has 4 rings (SSSR count). The summed E-state index contributed by atoms with van der Waals surface area (Å²) >= 11 is 0. The molecule has 0 unspecified atom stereocenters. The fraction of sp³-hybridized carbons (Fsp3) is 0.167. The number of hydrogen-bond donors (Lipinski definition) is 1. The molecule has 7 nitrogen and oxygen atoms in total. The molecule has 2 aromatic heterocycles. The molecule has 162 valence electrons. The summed E-state index contributed by atoms with van der Waals surface area (Å²) in [6.45, 7) is 3.92. The number of benzene rings is 2. The van der Waals surface area contributed by atoms with Crippen molar-refractivity contribution in [1.82, 2.24) is 15.1 Å². The highest BCUT2D eigenvalue weighted by Gasteiger charge is 2.24. The van der Waals surface area contributed by atoms with E-state index in [0.717, 1.165) is 16.7 Å². The lowest BCUT2D eigenvalue weighted by atomic mass is 10.0. The van der Waals surface area contributed by atoms with Crippen LogP contribution in [0.2, 0.25) is 0 Å². The molecule has 0 aliphatic heterocycles. The minimum Gasteiger partial charge on any atom is -0.497 e. The lowest BCUT2D eigenvalue weighted by Crippen LogP contribution is -2.15. The van der Waals surface area contributed by atoms with Gasteiger partial charge in [0.15, 0.2) is 0 Å². The van der Waals surface area contributed by atoms with Gasteiger partial charge in [0.05, 0.1) is 24.8 Å². The van der Waals surface area contributed by atoms with Crippen LogP contribution in [-0.2, 0) is 11.2 Å². The Labute approximate surface area is 184 Å². The Balaban J connectivity index is 1.71. The minimum absolute atomic E-state index is 0.0872. The second-order valence-corrected chi connectivity index (χ2v) is 7.33. The maximum absolute atomic E-state index is 14.8. The number of aryl methyl sites for hydroxylation is 2. The van der Waals surface area contributed by atoms with Gasteiger partial charge >= 0.3 is 0 Å². The van der Waals surface area contributed by atoms with Gasteiger partial charge in [-0.2, -0.15) is 0 Å². The third kappa shape index (κ3) is 4.34. The summed E-state index contributed by atoms with van der Waals surface area (Å²) in [5, 5.41) is 6.80. The van der Waals surface area contributed by atoms with Crippen LogP contribution in [0.1, 0.15) is 16.7 Å². The predicted molar refractivity (Wildman–Crippen MR) is 118 cm³/mol. The van der Waals surface area contributed by atoms with Crippen LogP contribution in [0.3, 0.4) is 0 Å². The van der Waals surface area contributed by atoms with Crippen LogP contribution in [0.15, 0.2) is 59.5 Å². The lowest BCUT2D eigenvalue weighted by Gasteiger charge is -2.09. The van der Waals surface area contributed by atoms with Gasteiger partial charge in [0.25, 0.3) is 0 Å². The van der Waals surface area contributed by atoms with E-state index in [2.05, 4.69) is 20.4 Å². The Hall–Kier alpha value is -4.07. The van der Waals surface area contributed by atoms with Crippen LogP contribution < -0.4 is 10.1 Å². The van der Waals surface area contributed by atoms with Crippen LogP contribution in [0.25, 0.3) is 22.5 Å². The summed E-state index contributed by atoms with van der Waals surface area (Å²) in [4.78, 5) is 21.0. The van der Waals surface area contributed by atoms with Crippen molar-refractivity contribution in [1.29, 1.82) is 0 Å². The van der Waals surface area contributed by atoms with Gasteiger partial charge < -0.3 is 9.26 Å². The molecule has 1 amide bonds. The van der Waals surface area contributed by atoms with E-state index in [1.165, 1.54) is 19.5 Å². The summed E-state index contributed by atoms with van der Waals surface area (Å²) < 4.78 is 25.3. The van der Waals surface area contributed by atoms with Crippen LogP contribution in [-0.4, -0.2) is 28.1 Å². The van der Waals surface area contributed by atoms with Gasteiger partial charge in [-0.05, 0) is 43.2 Å². The molecule has 0 aliphatic carbocycles. The second-order valence-electron chi connectivity index (χ2n) is 7.33. The first-order valence-corrected chi connectivity index (χ1v) is 9.92. The standard InChI is InChI=1S/C24H21FN4O3/c1-14-4-5-15(2)16(10-14)11-21(30)28-24-22(20-8-9-26-13-27-20)23(29-32-24)18-7-6-17(31-3)12-19(18)25/h4-10,12-13H,11H2,1-3H3,(H,28,30). The third-order valence-corrected chi connectivity index (χ3v) is 5.07. The van der Waals surface area contributed by atoms with E-state index in [0.29, 0.717) is 17.0 Å². The van der Waals surface area contributed by atoms with Crippen molar-refractivity contribution in [2.45, 2.75) is 20.3 Å². The van der Waals surface area contributed by atoms with Gasteiger partial charge in [-0.25, -0.2) is 14.4 Å². The number of methoxy groups -OCH3 is 1. The Bertz CT molecular complexity index is 1270. The van der Waals surface area contributed by atoms with Gasteiger partial charge in [0.1, 0.15) is 23.6 Å². The normalized spacial score (nSPS) is 10.8. The van der Waals surface area contributed by atoms with Gasteiger partial charge in [-0.3, -0.25) is 10.1 Å². The number of carbonyl (C=O) groups excluding carboxylic acids is 1. The van der Waals surface area contributed by atoms with Crippen LogP contribution in [0.5, 0.6) is 5.75 Å². The van der Waals surface area contributed by atoms with Crippen LogP contribution >= 0.6 is 0 Å². The first-order chi connectivity index (χ1) is 15.5. The Morgan fingerprint density at radius 3 is 2.72 bits per heavy atom. The van der Waals surface area contributed by atoms with Crippen molar-refractivity contribution in [2.24, 2.45) is 0 Å². The van der Waals surface area contributed by atoms with Gasteiger partial charge in [0.2, 0.25) is 11.8 Å². The van der Waals surface area contributed by atoms with Gasteiger partial charge in [-0.1, -0.05) is 28.9 Å². The summed E-state index contributed by atoms with van der Waals surface area (Å²) in [6, 6.07) is 12.0. The zero-order valence-electron chi connectivity index (χ0n) is 17.8. The smallest absolute Gasteiger partial charge is 0.241 e. The van der Waals surface area contributed by atoms with Crippen molar-refractivity contribution in [3.8, 4) is 28.3 Å². The van der Waals surface area contributed by atoms with Crippen LogP contribution in [0, 0.1) is 19.7 Å². The Kier molecular flexibility index (Phi) is 5.93. The third-order valence-electron chi connectivity index (χ3n) is 5.07. The average molecular weight is 432 g/mol. The minimum atomic E-state index is -0.541. The highest BCUT2D eigenvalue weighted by molar-refractivity contribution is 5.97. The largest absolute Gasteiger partial charge is 0.497 e. The molecule has 4 aromatic rings. The van der Waals surface area contributed by atoms with Crippen molar-refractivity contribution >= 4 is 11.8 Å². The number of nitrogens with one attached hydrogen (secondary N) is 1. The molecule has 0 radical (unpaired) electrons. The van der Waals surface area contributed by atoms with Crippen molar-refractivity contribution in [3.05, 3.63) is 77.5 Å². The molecule has 2 heterocycles. The predicted octanol–water partition coefficient (Wildman–Crippen LogP) is 4.74. The molecule has 8 heteroatoms. The molecular weight excluding hydrogens is 411 g/mol. The van der Waals surface area contributed by atoms with E-state index in [-0.39, 0.29) is 29.5 Å². The second kappa shape index (κ2) is 8.97. The van der Waals surface area contributed by atoms with E-state index in [1.807, 2.05) is 32.0 Å². The van der Waals surface area contributed by atoms with Crippen molar-refractivity contribution < 1.29 is 18.4 Å². The van der Waals surface area contributed by atoms with E-state index < -0.39 is 5.82 Å².